The highest BCUT2D eigenvalue weighted by Gasteiger charge is 2.20. The number of hydrogen-bond donors (Lipinski definition) is 0. The number of nitrogens with zero attached hydrogens (tertiary/aromatic N) is 2. The van der Waals surface area contributed by atoms with Crippen LogP contribution in [0.5, 0.6) is 23.0 Å². The maximum absolute atomic E-state index is 11.9. The van der Waals surface area contributed by atoms with Gasteiger partial charge in [0.15, 0.2) is 11.5 Å². The number of pyridine rings is 1. The SMILES string of the molecule is CCOc1ccc(-c2ccnc3c2c(-c2ccc(OC)c(OC)c2)cn3C=O)c(OCC)c1. The predicted octanol–water partition coefficient (Wildman–Crippen LogP) is 5.22. The highest BCUT2D eigenvalue weighted by Crippen LogP contribution is 2.42. The molecule has 0 spiro atoms. The second-order valence-corrected chi connectivity index (χ2v) is 7.21. The second-order valence-electron chi connectivity index (χ2n) is 7.21. The summed E-state index contributed by atoms with van der Waals surface area (Å²) in [6.07, 6.45) is 4.23. The molecule has 0 bridgehead atoms. The van der Waals surface area contributed by atoms with E-state index in [2.05, 4.69) is 4.98 Å². The Balaban J connectivity index is 1.99. The zero-order chi connectivity index (χ0) is 23.4. The van der Waals surface area contributed by atoms with Gasteiger partial charge < -0.3 is 18.9 Å². The minimum atomic E-state index is 0.509. The molecule has 0 saturated heterocycles. The Morgan fingerprint density at radius 1 is 0.848 bits per heavy atom. The third-order valence-corrected chi connectivity index (χ3v) is 5.38. The first-order chi connectivity index (χ1) is 16.1. The number of methoxy groups -OCH3 is 2. The summed E-state index contributed by atoms with van der Waals surface area (Å²) in [5.41, 5.74) is 4.06. The molecule has 7 heteroatoms. The van der Waals surface area contributed by atoms with Gasteiger partial charge in [-0.1, -0.05) is 6.07 Å². The summed E-state index contributed by atoms with van der Waals surface area (Å²) in [5, 5.41) is 0.835. The largest absolute Gasteiger partial charge is 0.494 e. The summed E-state index contributed by atoms with van der Waals surface area (Å²) in [4.78, 5) is 16.4. The first-order valence-corrected chi connectivity index (χ1v) is 10.7. The Hall–Kier alpha value is -4.00. The highest BCUT2D eigenvalue weighted by atomic mass is 16.5. The van der Waals surface area contributed by atoms with Crippen LogP contribution in [0, 0.1) is 0 Å². The lowest BCUT2D eigenvalue weighted by Gasteiger charge is -2.14. The number of hydrogen-bond acceptors (Lipinski definition) is 6. The van der Waals surface area contributed by atoms with Crippen molar-refractivity contribution in [3.63, 3.8) is 0 Å². The average molecular weight is 447 g/mol. The molecule has 2 heterocycles. The molecule has 2 aromatic carbocycles. The van der Waals surface area contributed by atoms with E-state index < -0.39 is 0 Å². The van der Waals surface area contributed by atoms with Crippen LogP contribution in [0.25, 0.3) is 33.3 Å². The van der Waals surface area contributed by atoms with Crippen molar-refractivity contribution in [2.75, 3.05) is 27.4 Å². The van der Waals surface area contributed by atoms with E-state index in [1.165, 1.54) is 4.57 Å². The molecule has 0 aliphatic rings. The Labute approximate surface area is 192 Å². The number of carbonyl (C=O) groups excluding carboxylic acids is 1. The van der Waals surface area contributed by atoms with Crippen LogP contribution >= 0.6 is 0 Å². The van der Waals surface area contributed by atoms with Gasteiger partial charge in [0.1, 0.15) is 17.1 Å². The standard InChI is InChI=1S/C26H26N2O5/c1-5-32-18-8-9-19(23(14-18)33-6-2)20-11-12-27-26-25(20)21(15-28(26)16-29)17-7-10-22(30-3)24(13-17)31-4/h7-16H,5-6H2,1-4H3. The van der Waals surface area contributed by atoms with E-state index in [-0.39, 0.29) is 0 Å². The van der Waals surface area contributed by atoms with E-state index >= 15 is 0 Å². The molecule has 0 radical (unpaired) electrons. The van der Waals surface area contributed by atoms with Crippen molar-refractivity contribution in [1.29, 1.82) is 0 Å². The number of fused-ring (bicyclic) bond motifs is 1. The lowest BCUT2D eigenvalue weighted by molar-refractivity contribution is 0.324. The van der Waals surface area contributed by atoms with E-state index in [9.17, 15) is 4.79 Å². The van der Waals surface area contributed by atoms with E-state index in [0.717, 1.165) is 39.8 Å². The maximum atomic E-state index is 11.9. The molecule has 4 aromatic rings. The topological polar surface area (TPSA) is 71.8 Å². The summed E-state index contributed by atoms with van der Waals surface area (Å²) in [6.45, 7) is 4.96. The molecule has 0 unspecified atom stereocenters. The summed E-state index contributed by atoms with van der Waals surface area (Å²) >= 11 is 0. The van der Waals surface area contributed by atoms with E-state index in [0.29, 0.717) is 36.1 Å². The molecular weight excluding hydrogens is 420 g/mol. The van der Waals surface area contributed by atoms with Gasteiger partial charge in [-0.3, -0.25) is 9.36 Å². The minimum Gasteiger partial charge on any atom is -0.494 e. The lowest BCUT2D eigenvalue weighted by Crippen LogP contribution is -1.98. The van der Waals surface area contributed by atoms with Gasteiger partial charge in [0.25, 0.3) is 0 Å². The third kappa shape index (κ3) is 4.09. The van der Waals surface area contributed by atoms with Crippen LogP contribution in [0.3, 0.4) is 0 Å². The van der Waals surface area contributed by atoms with Crippen LogP contribution in [0.1, 0.15) is 13.8 Å². The second kappa shape index (κ2) is 9.65. The number of carbonyl (C=O) groups is 1. The monoisotopic (exact) mass is 446 g/mol. The Bertz CT molecular complexity index is 1300. The summed E-state index contributed by atoms with van der Waals surface area (Å²) in [6, 6.07) is 13.4. The summed E-state index contributed by atoms with van der Waals surface area (Å²) in [5.74, 6) is 2.67. The Morgan fingerprint density at radius 2 is 1.64 bits per heavy atom. The van der Waals surface area contributed by atoms with Crippen molar-refractivity contribution in [2.45, 2.75) is 13.8 Å². The number of rotatable bonds is 9. The van der Waals surface area contributed by atoms with Gasteiger partial charge in [0, 0.05) is 35.0 Å². The minimum absolute atomic E-state index is 0.509. The fourth-order valence-corrected chi connectivity index (χ4v) is 3.96. The van der Waals surface area contributed by atoms with Crippen LogP contribution in [0.4, 0.5) is 0 Å². The lowest BCUT2D eigenvalue weighted by atomic mass is 9.97. The van der Waals surface area contributed by atoms with Crippen LogP contribution < -0.4 is 18.9 Å². The van der Waals surface area contributed by atoms with Crippen molar-refractivity contribution < 1.29 is 23.7 Å². The zero-order valence-corrected chi connectivity index (χ0v) is 19.1. The molecule has 0 aliphatic carbocycles. The highest BCUT2D eigenvalue weighted by molar-refractivity contribution is 6.07. The molecule has 33 heavy (non-hydrogen) atoms. The Morgan fingerprint density at radius 3 is 2.33 bits per heavy atom. The molecule has 170 valence electrons. The van der Waals surface area contributed by atoms with Crippen molar-refractivity contribution in [3.8, 4) is 45.3 Å². The van der Waals surface area contributed by atoms with Crippen molar-refractivity contribution >= 4 is 17.4 Å². The van der Waals surface area contributed by atoms with Gasteiger partial charge in [-0.25, -0.2) is 4.98 Å². The van der Waals surface area contributed by atoms with E-state index in [1.807, 2.05) is 56.3 Å². The van der Waals surface area contributed by atoms with Crippen LogP contribution in [0.15, 0.2) is 54.9 Å². The summed E-state index contributed by atoms with van der Waals surface area (Å²) < 4.78 is 24.0. The fraction of sp³-hybridized carbons (Fsp3) is 0.231. The maximum Gasteiger partial charge on any atom is 0.219 e. The molecule has 0 fully saturated rings. The molecule has 0 N–H and O–H groups in total. The van der Waals surface area contributed by atoms with Gasteiger partial charge in [-0.2, -0.15) is 0 Å². The Kier molecular flexibility index (Phi) is 6.49. The summed E-state index contributed by atoms with van der Waals surface area (Å²) in [7, 11) is 3.19. The molecule has 0 aliphatic heterocycles. The molecule has 4 rings (SSSR count). The zero-order valence-electron chi connectivity index (χ0n) is 19.1. The van der Waals surface area contributed by atoms with Gasteiger partial charge >= 0.3 is 0 Å². The third-order valence-electron chi connectivity index (χ3n) is 5.38. The molecule has 7 nitrogen and oxygen atoms in total. The molecule has 0 saturated carbocycles. The molecule has 0 amide bonds. The number of ether oxygens (including phenoxy) is 4. The van der Waals surface area contributed by atoms with Gasteiger partial charge in [0.2, 0.25) is 6.41 Å². The number of benzene rings is 2. The number of aromatic nitrogens is 2. The van der Waals surface area contributed by atoms with Gasteiger partial charge in [0.05, 0.1) is 27.4 Å². The van der Waals surface area contributed by atoms with E-state index in [4.69, 9.17) is 18.9 Å². The van der Waals surface area contributed by atoms with Crippen LogP contribution in [-0.4, -0.2) is 43.4 Å². The van der Waals surface area contributed by atoms with Gasteiger partial charge in [-0.05, 0) is 55.3 Å². The van der Waals surface area contributed by atoms with Crippen LogP contribution in [-0.2, 0) is 4.79 Å². The van der Waals surface area contributed by atoms with E-state index in [1.54, 1.807) is 26.6 Å². The fourth-order valence-electron chi connectivity index (χ4n) is 3.96. The first-order valence-electron chi connectivity index (χ1n) is 10.7. The average Bonchev–Trinajstić information content (AvgIpc) is 3.23. The first kappa shape index (κ1) is 22.2. The normalized spacial score (nSPS) is 10.8. The van der Waals surface area contributed by atoms with Crippen LogP contribution in [0.2, 0.25) is 0 Å². The predicted molar refractivity (Wildman–Crippen MR) is 128 cm³/mol. The van der Waals surface area contributed by atoms with Crippen molar-refractivity contribution in [3.05, 3.63) is 54.9 Å². The quantitative estimate of drug-likeness (QED) is 0.328. The molecular formula is C26H26N2O5. The smallest absolute Gasteiger partial charge is 0.219 e. The van der Waals surface area contributed by atoms with Gasteiger partial charge in [-0.15, -0.1) is 0 Å². The molecule has 0 atom stereocenters. The molecule has 2 aromatic heterocycles. The van der Waals surface area contributed by atoms with Crippen molar-refractivity contribution in [2.24, 2.45) is 0 Å². The van der Waals surface area contributed by atoms with Crippen molar-refractivity contribution in [1.82, 2.24) is 9.55 Å².